The van der Waals surface area contributed by atoms with Crippen molar-refractivity contribution < 1.29 is 0 Å². The molecule has 0 aliphatic rings. The highest BCUT2D eigenvalue weighted by Gasteiger charge is 1.90. The third kappa shape index (κ3) is 2.75. The molecule has 6 heteroatoms. The van der Waals surface area contributed by atoms with Crippen molar-refractivity contribution in [3.8, 4) is 0 Å². The second-order valence-corrected chi connectivity index (χ2v) is 3.65. The van der Waals surface area contributed by atoms with Gasteiger partial charge in [-0.2, -0.15) is 5.10 Å². The Balaban J connectivity index is 2.02. The summed E-state index contributed by atoms with van der Waals surface area (Å²) in [5.41, 5.74) is 2.42. The van der Waals surface area contributed by atoms with Crippen molar-refractivity contribution in [3.63, 3.8) is 0 Å². The molecule has 0 atom stereocenters. The van der Waals surface area contributed by atoms with Gasteiger partial charge in [-0.05, 0) is 11.4 Å². The standard InChI is InChI=1S/C9H8N4OS/c14-8-3-4-10-9(12-8)13-11-6-7-2-1-5-15-7/h1-6H,(H2,10,12,13,14)/b11-6+. The van der Waals surface area contributed by atoms with Gasteiger partial charge in [-0.1, -0.05) is 6.07 Å². The number of nitrogens with one attached hydrogen (secondary N) is 2. The number of aromatic amines is 1. The van der Waals surface area contributed by atoms with Gasteiger partial charge >= 0.3 is 0 Å². The number of hydrazone groups is 1. The first-order valence-corrected chi connectivity index (χ1v) is 5.10. The van der Waals surface area contributed by atoms with Crippen LogP contribution < -0.4 is 11.0 Å². The first kappa shape index (κ1) is 9.60. The maximum absolute atomic E-state index is 10.9. The normalized spacial score (nSPS) is 10.7. The van der Waals surface area contributed by atoms with Crippen LogP contribution in [0.5, 0.6) is 0 Å². The van der Waals surface area contributed by atoms with Gasteiger partial charge in [0.1, 0.15) is 0 Å². The number of aromatic nitrogens is 2. The third-order valence-corrected chi connectivity index (χ3v) is 2.38. The van der Waals surface area contributed by atoms with E-state index in [-0.39, 0.29) is 5.56 Å². The topological polar surface area (TPSA) is 70.1 Å². The van der Waals surface area contributed by atoms with Gasteiger partial charge in [0.2, 0.25) is 5.95 Å². The molecule has 0 fully saturated rings. The summed E-state index contributed by atoms with van der Waals surface area (Å²) in [6.45, 7) is 0. The predicted octanol–water partition coefficient (Wildman–Crippen LogP) is 1.28. The quantitative estimate of drug-likeness (QED) is 0.604. The van der Waals surface area contributed by atoms with Gasteiger partial charge in [-0.3, -0.25) is 9.78 Å². The van der Waals surface area contributed by atoms with Crippen LogP contribution in [0.4, 0.5) is 5.95 Å². The van der Waals surface area contributed by atoms with Crippen LogP contribution in [0.15, 0.2) is 39.7 Å². The van der Waals surface area contributed by atoms with Crippen molar-refractivity contribution in [1.82, 2.24) is 9.97 Å². The van der Waals surface area contributed by atoms with E-state index in [4.69, 9.17) is 0 Å². The second kappa shape index (κ2) is 4.52. The second-order valence-electron chi connectivity index (χ2n) is 2.67. The van der Waals surface area contributed by atoms with Gasteiger partial charge in [0.15, 0.2) is 0 Å². The van der Waals surface area contributed by atoms with Gasteiger partial charge in [0.05, 0.1) is 6.21 Å². The highest BCUT2D eigenvalue weighted by atomic mass is 32.1. The van der Waals surface area contributed by atoms with Gasteiger partial charge in [-0.25, -0.2) is 10.4 Å². The van der Waals surface area contributed by atoms with E-state index in [0.717, 1.165) is 4.88 Å². The zero-order chi connectivity index (χ0) is 10.5. The fourth-order valence-electron chi connectivity index (χ4n) is 0.949. The summed E-state index contributed by atoms with van der Waals surface area (Å²) < 4.78 is 0. The van der Waals surface area contributed by atoms with Gasteiger partial charge < -0.3 is 0 Å². The van der Waals surface area contributed by atoms with E-state index in [1.807, 2.05) is 17.5 Å². The Hall–Kier alpha value is -1.95. The molecule has 5 nitrogen and oxygen atoms in total. The summed E-state index contributed by atoms with van der Waals surface area (Å²) in [5, 5.41) is 5.89. The molecule has 0 bridgehead atoms. The Kier molecular flexibility index (Phi) is 2.89. The van der Waals surface area contributed by atoms with Crippen LogP contribution in [0.2, 0.25) is 0 Å². The van der Waals surface area contributed by atoms with E-state index in [1.54, 1.807) is 17.6 Å². The molecule has 2 rings (SSSR count). The molecule has 2 N–H and O–H groups in total. The zero-order valence-corrected chi connectivity index (χ0v) is 8.49. The van der Waals surface area contributed by atoms with Crippen molar-refractivity contribution in [2.75, 3.05) is 5.43 Å². The maximum Gasteiger partial charge on any atom is 0.252 e. The Morgan fingerprint density at radius 1 is 1.53 bits per heavy atom. The average molecular weight is 220 g/mol. The van der Waals surface area contributed by atoms with Crippen LogP contribution >= 0.6 is 11.3 Å². The Bertz CT molecular complexity index is 503. The monoisotopic (exact) mass is 220 g/mol. The van der Waals surface area contributed by atoms with E-state index >= 15 is 0 Å². The highest BCUT2D eigenvalue weighted by Crippen LogP contribution is 2.04. The fraction of sp³-hybridized carbons (Fsp3) is 0. The largest absolute Gasteiger partial charge is 0.291 e. The molecule has 2 aromatic heterocycles. The van der Waals surface area contributed by atoms with E-state index in [1.165, 1.54) is 12.3 Å². The molecule has 0 saturated carbocycles. The number of nitrogens with zero attached hydrogens (tertiary/aromatic N) is 2. The number of hydrogen-bond donors (Lipinski definition) is 2. The molecule has 2 aromatic rings. The van der Waals surface area contributed by atoms with Crippen molar-refractivity contribution in [3.05, 3.63) is 45.0 Å². The highest BCUT2D eigenvalue weighted by molar-refractivity contribution is 7.11. The fourth-order valence-corrected chi connectivity index (χ4v) is 1.53. The molecule has 0 saturated heterocycles. The number of thiophene rings is 1. The summed E-state index contributed by atoms with van der Waals surface area (Å²) in [6.07, 6.45) is 3.08. The molecule has 0 aromatic carbocycles. The van der Waals surface area contributed by atoms with Gasteiger partial charge in [0.25, 0.3) is 5.56 Å². The summed E-state index contributed by atoms with van der Waals surface area (Å²) in [5.74, 6) is 0.329. The molecule has 0 amide bonds. The SMILES string of the molecule is O=c1ccnc(N/N=C/c2cccs2)[nH]1. The van der Waals surface area contributed by atoms with E-state index < -0.39 is 0 Å². The first-order chi connectivity index (χ1) is 7.34. The number of hydrogen-bond acceptors (Lipinski definition) is 5. The molecule has 76 valence electrons. The first-order valence-electron chi connectivity index (χ1n) is 4.22. The zero-order valence-electron chi connectivity index (χ0n) is 7.68. The Morgan fingerprint density at radius 3 is 3.20 bits per heavy atom. The molecular weight excluding hydrogens is 212 g/mol. The van der Waals surface area contributed by atoms with Crippen LogP contribution in [0.1, 0.15) is 4.88 Å². The summed E-state index contributed by atoms with van der Waals surface area (Å²) in [4.78, 5) is 18.3. The summed E-state index contributed by atoms with van der Waals surface area (Å²) >= 11 is 1.58. The van der Waals surface area contributed by atoms with Crippen molar-refractivity contribution in [1.29, 1.82) is 0 Å². The van der Waals surface area contributed by atoms with Crippen molar-refractivity contribution in [2.45, 2.75) is 0 Å². The van der Waals surface area contributed by atoms with E-state index in [9.17, 15) is 4.79 Å². The molecule has 2 heterocycles. The minimum Gasteiger partial charge on any atom is -0.291 e. The van der Waals surface area contributed by atoms with Crippen LogP contribution in [-0.4, -0.2) is 16.2 Å². The molecular formula is C9H8N4OS. The van der Waals surface area contributed by atoms with Crippen LogP contribution in [-0.2, 0) is 0 Å². The van der Waals surface area contributed by atoms with Gasteiger partial charge in [-0.15, -0.1) is 11.3 Å². The lowest BCUT2D eigenvalue weighted by atomic mass is 10.5. The average Bonchev–Trinajstić information content (AvgIpc) is 2.71. The van der Waals surface area contributed by atoms with E-state index in [2.05, 4.69) is 20.5 Å². The molecule has 0 aliphatic heterocycles. The lowest BCUT2D eigenvalue weighted by Crippen LogP contribution is -2.07. The lowest BCUT2D eigenvalue weighted by molar-refractivity contribution is 1.08. The van der Waals surface area contributed by atoms with Crippen LogP contribution in [0.3, 0.4) is 0 Å². The molecule has 0 spiro atoms. The minimum atomic E-state index is -0.209. The van der Waals surface area contributed by atoms with E-state index in [0.29, 0.717) is 5.95 Å². The predicted molar refractivity (Wildman–Crippen MR) is 60.4 cm³/mol. The number of anilines is 1. The number of H-pyrrole nitrogens is 1. The molecule has 0 unspecified atom stereocenters. The molecule has 15 heavy (non-hydrogen) atoms. The Morgan fingerprint density at radius 2 is 2.47 bits per heavy atom. The summed E-state index contributed by atoms with van der Waals surface area (Å²) in [6, 6.07) is 5.22. The number of rotatable bonds is 3. The van der Waals surface area contributed by atoms with Crippen LogP contribution in [0.25, 0.3) is 0 Å². The van der Waals surface area contributed by atoms with Crippen molar-refractivity contribution >= 4 is 23.5 Å². The third-order valence-electron chi connectivity index (χ3n) is 1.58. The van der Waals surface area contributed by atoms with Crippen LogP contribution in [0, 0.1) is 0 Å². The van der Waals surface area contributed by atoms with Gasteiger partial charge in [0, 0.05) is 17.1 Å². The maximum atomic E-state index is 10.9. The summed E-state index contributed by atoms with van der Waals surface area (Å²) in [7, 11) is 0. The smallest absolute Gasteiger partial charge is 0.252 e. The molecule has 0 aliphatic carbocycles. The minimum absolute atomic E-state index is 0.209. The lowest BCUT2D eigenvalue weighted by Gasteiger charge is -1.95. The van der Waals surface area contributed by atoms with Crippen molar-refractivity contribution in [2.24, 2.45) is 5.10 Å². The molecule has 0 radical (unpaired) electrons. The Labute approximate surface area is 89.5 Å².